The largest absolute Gasteiger partial charge is 0.389 e. The van der Waals surface area contributed by atoms with Crippen molar-refractivity contribution in [3.63, 3.8) is 0 Å². The highest BCUT2D eigenvalue weighted by Crippen LogP contribution is 2.28. The van der Waals surface area contributed by atoms with Gasteiger partial charge in [-0.2, -0.15) is 0 Å². The molecule has 1 fully saturated rings. The van der Waals surface area contributed by atoms with Gasteiger partial charge in [0.1, 0.15) is 0 Å². The summed E-state index contributed by atoms with van der Waals surface area (Å²) >= 11 is 0. The van der Waals surface area contributed by atoms with Crippen molar-refractivity contribution in [2.45, 2.75) is 44.1 Å². The van der Waals surface area contributed by atoms with Gasteiger partial charge >= 0.3 is 0 Å². The maximum Gasteiger partial charge on any atom is 0.251 e. The van der Waals surface area contributed by atoms with Crippen LogP contribution >= 0.6 is 0 Å². The number of alkyl halides is 2. The van der Waals surface area contributed by atoms with E-state index in [9.17, 15) is 13.9 Å². The third-order valence-electron chi connectivity index (χ3n) is 2.80. The van der Waals surface area contributed by atoms with Crippen LogP contribution in [0.1, 0.15) is 32.1 Å². The molecule has 0 atom stereocenters. The van der Waals surface area contributed by atoms with Crippen LogP contribution in [-0.2, 0) is 0 Å². The van der Waals surface area contributed by atoms with Crippen molar-refractivity contribution in [1.29, 1.82) is 0 Å². The second kappa shape index (κ2) is 5.03. The summed E-state index contributed by atoms with van der Waals surface area (Å²) in [5.41, 5.74) is -0.720. The minimum absolute atomic E-state index is 0.248. The van der Waals surface area contributed by atoms with Crippen LogP contribution in [0.4, 0.5) is 8.78 Å². The number of halogens is 2. The molecule has 1 aliphatic rings. The molecule has 1 saturated carbocycles. The van der Waals surface area contributed by atoms with E-state index in [0.717, 1.165) is 32.1 Å². The molecule has 1 rings (SSSR count). The average Bonchev–Trinajstić information content (AvgIpc) is 2.02. The van der Waals surface area contributed by atoms with Crippen LogP contribution in [0.5, 0.6) is 0 Å². The van der Waals surface area contributed by atoms with Crippen molar-refractivity contribution in [1.82, 2.24) is 4.90 Å². The van der Waals surface area contributed by atoms with Crippen molar-refractivity contribution in [2.75, 3.05) is 20.1 Å². The molecule has 1 N–H and O–H groups in total. The van der Waals surface area contributed by atoms with E-state index in [1.807, 2.05) is 0 Å². The molecule has 0 saturated heterocycles. The summed E-state index contributed by atoms with van der Waals surface area (Å²) < 4.78 is 24.1. The van der Waals surface area contributed by atoms with E-state index >= 15 is 0 Å². The van der Waals surface area contributed by atoms with Crippen molar-refractivity contribution >= 4 is 0 Å². The van der Waals surface area contributed by atoms with Gasteiger partial charge in [-0.05, 0) is 19.9 Å². The lowest BCUT2D eigenvalue weighted by Crippen LogP contribution is -2.44. The lowest BCUT2D eigenvalue weighted by Gasteiger charge is -2.35. The van der Waals surface area contributed by atoms with Crippen LogP contribution in [-0.4, -0.2) is 42.2 Å². The summed E-state index contributed by atoms with van der Waals surface area (Å²) in [5, 5.41) is 10.1. The first-order valence-corrected chi connectivity index (χ1v) is 5.21. The number of hydrogen-bond acceptors (Lipinski definition) is 2. The van der Waals surface area contributed by atoms with Crippen LogP contribution in [0.3, 0.4) is 0 Å². The average molecular weight is 207 g/mol. The van der Waals surface area contributed by atoms with E-state index in [-0.39, 0.29) is 6.54 Å². The third-order valence-corrected chi connectivity index (χ3v) is 2.80. The minimum atomic E-state index is -2.31. The Kier molecular flexibility index (Phi) is 4.26. The second-order valence-corrected chi connectivity index (χ2v) is 4.37. The summed E-state index contributed by atoms with van der Waals surface area (Å²) in [6, 6.07) is 0. The smallest absolute Gasteiger partial charge is 0.251 e. The van der Waals surface area contributed by atoms with E-state index in [4.69, 9.17) is 0 Å². The highest BCUT2D eigenvalue weighted by Gasteiger charge is 2.30. The maximum atomic E-state index is 12.0. The van der Waals surface area contributed by atoms with Crippen molar-refractivity contribution in [3.8, 4) is 0 Å². The molecule has 2 nitrogen and oxygen atoms in total. The quantitative estimate of drug-likeness (QED) is 0.760. The molecule has 14 heavy (non-hydrogen) atoms. The van der Waals surface area contributed by atoms with Gasteiger partial charge < -0.3 is 5.11 Å². The minimum Gasteiger partial charge on any atom is -0.389 e. The summed E-state index contributed by atoms with van der Waals surface area (Å²) in [6.45, 7) is 0.125. The van der Waals surface area contributed by atoms with Crippen molar-refractivity contribution < 1.29 is 13.9 Å². The zero-order valence-electron chi connectivity index (χ0n) is 8.68. The fourth-order valence-electron chi connectivity index (χ4n) is 2.17. The van der Waals surface area contributed by atoms with Crippen LogP contribution in [0.25, 0.3) is 0 Å². The fourth-order valence-corrected chi connectivity index (χ4v) is 2.17. The van der Waals surface area contributed by atoms with Crippen molar-refractivity contribution in [3.05, 3.63) is 0 Å². The van der Waals surface area contributed by atoms with Crippen molar-refractivity contribution in [2.24, 2.45) is 0 Å². The van der Waals surface area contributed by atoms with E-state index < -0.39 is 12.0 Å². The Morgan fingerprint density at radius 3 is 2.36 bits per heavy atom. The van der Waals surface area contributed by atoms with Gasteiger partial charge in [-0.15, -0.1) is 0 Å². The molecule has 0 amide bonds. The highest BCUT2D eigenvalue weighted by molar-refractivity contribution is 4.84. The van der Waals surface area contributed by atoms with Gasteiger partial charge in [-0.3, -0.25) is 4.90 Å². The predicted octanol–water partition coefficient (Wildman–Crippen LogP) is 1.88. The fraction of sp³-hybridized carbons (Fsp3) is 1.00. The Hall–Kier alpha value is -0.220. The Morgan fingerprint density at radius 1 is 1.29 bits per heavy atom. The number of hydrogen-bond donors (Lipinski definition) is 1. The zero-order valence-corrected chi connectivity index (χ0v) is 8.68. The monoisotopic (exact) mass is 207 g/mol. The summed E-state index contributed by atoms with van der Waals surface area (Å²) in [7, 11) is 1.64. The Morgan fingerprint density at radius 2 is 1.86 bits per heavy atom. The van der Waals surface area contributed by atoms with E-state index in [2.05, 4.69) is 0 Å². The highest BCUT2D eigenvalue weighted by atomic mass is 19.3. The molecule has 84 valence electrons. The summed E-state index contributed by atoms with van der Waals surface area (Å²) in [4.78, 5) is 1.52. The maximum absolute atomic E-state index is 12.0. The van der Waals surface area contributed by atoms with E-state index in [0.29, 0.717) is 6.54 Å². The topological polar surface area (TPSA) is 23.5 Å². The SMILES string of the molecule is CN(CC(F)F)CC1(O)CCCCC1. The first kappa shape index (κ1) is 11.9. The first-order chi connectivity index (χ1) is 6.52. The molecule has 0 aliphatic heterocycles. The molecular formula is C10H19F2NO. The van der Waals surface area contributed by atoms with Gasteiger partial charge in [0.05, 0.1) is 12.1 Å². The molecule has 0 radical (unpaired) electrons. The predicted molar refractivity (Wildman–Crippen MR) is 51.5 cm³/mol. The Balaban J connectivity index is 2.33. The lowest BCUT2D eigenvalue weighted by molar-refractivity contribution is -0.0305. The standard InChI is InChI=1S/C10H19F2NO/c1-13(7-9(11)12)8-10(14)5-3-2-4-6-10/h9,14H,2-8H2,1H3. The number of rotatable bonds is 4. The van der Waals surface area contributed by atoms with E-state index in [1.165, 1.54) is 4.90 Å². The van der Waals surface area contributed by atoms with Crippen LogP contribution in [0.2, 0.25) is 0 Å². The molecule has 0 aromatic carbocycles. The van der Waals surface area contributed by atoms with E-state index in [1.54, 1.807) is 7.05 Å². The lowest BCUT2D eigenvalue weighted by atomic mass is 9.84. The number of likely N-dealkylation sites (N-methyl/N-ethyl adjacent to an activating group) is 1. The molecule has 0 aromatic heterocycles. The van der Waals surface area contributed by atoms with Gasteiger partial charge in [0.2, 0.25) is 0 Å². The van der Waals surface area contributed by atoms with Gasteiger partial charge in [0, 0.05) is 6.54 Å². The molecule has 1 aliphatic carbocycles. The molecular weight excluding hydrogens is 188 g/mol. The Bertz CT molecular complexity index is 170. The first-order valence-electron chi connectivity index (χ1n) is 5.21. The second-order valence-electron chi connectivity index (χ2n) is 4.37. The molecule has 0 unspecified atom stereocenters. The normalized spacial score (nSPS) is 21.9. The Labute approximate surface area is 83.9 Å². The van der Waals surface area contributed by atoms with Gasteiger partial charge in [-0.1, -0.05) is 19.3 Å². The zero-order chi connectivity index (χ0) is 10.6. The van der Waals surface area contributed by atoms with Crippen LogP contribution in [0.15, 0.2) is 0 Å². The van der Waals surface area contributed by atoms with Crippen LogP contribution < -0.4 is 0 Å². The number of aliphatic hydroxyl groups is 1. The molecule has 0 bridgehead atoms. The van der Waals surface area contributed by atoms with Gasteiger partial charge in [-0.25, -0.2) is 8.78 Å². The summed E-state index contributed by atoms with van der Waals surface area (Å²) in [5.74, 6) is 0. The van der Waals surface area contributed by atoms with Gasteiger partial charge in [0.25, 0.3) is 6.43 Å². The summed E-state index contributed by atoms with van der Waals surface area (Å²) in [6.07, 6.45) is 2.37. The molecule has 4 heteroatoms. The number of nitrogens with zero attached hydrogens (tertiary/aromatic N) is 1. The molecule has 0 spiro atoms. The van der Waals surface area contributed by atoms with Gasteiger partial charge in [0.15, 0.2) is 0 Å². The third kappa shape index (κ3) is 3.88. The molecule has 0 heterocycles. The van der Waals surface area contributed by atoms with Crippen LogP contribution in [0, 0.1) is 0 Å². The molecule has 0 aromatic rings.